The van der Waals surface area contributed by atoms with Crippen molar-refractivity contribution in [3.05, 3.63) is 89.1 Å². The van der Waals surface area contributed by atoms with Crippen LogP contribution in [0.25, 0.3) is 11.3 Å². The molecule has 1 saturated heterocycles. The lowest BCUT2D eigenvalue weighted by Crippen LogP contribution is -2.58. The first-order chi connectivity index (χ1) is 17.5. The van der Waals surface area contributed by atoms with Crippen molar-refractivity contribution in [2.45, 2.75) is 57.4 Å². The third kappa shape index (κ3) is 4.48. The molecule has 3 atom stereocenters. The quantitative estimate of drug-likeness (QED) is 0.476. The van der Waals surface area contributed by atoms with Gasteiger partial charge in [-0.25, -0.2) is 0 Å². The summed E-state index contributed by atoms with van der Waals surface area (Å²) in [6, 6.07) is 21.5. The predicted molar refractivity (Wildman–Crippen MR) is 145 cm³/mol. The number of piperidine rings is 1. The Bertz CT molecular complexity index is 1230. The lowest BCUT2D eigenvalue weighted by Gasteiger charge is -2.55. The van der Waals surface area contributed by atoms with E-state index in [4.69, 9.17) is 0 Å². The Kier molecular flexibility index (Phi) is 6.17. The van der Waals surface area contributed by atoms with Gasteiger partial charge in [0.2, 0.25) is 0 Å². The summed E-state index contributed by atoms with van der Waals surface area (Å²) < 4.78 is 0. The molecule has 0 spiro atoms. The van der Waals surface area contributed by atoms with E-state index in [1.807, 2.05) is 30.5 Å². The molecule has 1 N–H and O–H groups in total. The second-order valence-electron chi connectivity index (χ2n) is 11.5. The van der Waals surface area contributed by atoms with Crippen molar-refractivity contribution in [3.8, 4) is 11.3 Å². The van der Waals surface area contributed by atoms with Gasteiger partial charge in [0.25, 0.3) is 5.91 Å². The van der Waals surface area contributed by atoms with E-state index in [1.54, 1.807) is 0 Å². The van der Waals surface area contributed by atoms with Crippen molar-refractivity contribution < 1.29 is 4.79 Å². The summed E-state index contributed by atoms with van der Waals surface area (Å²) >= 11 is 0. The van der Waals surface area contributed by atoms with Crippen LogP contribution >= 0.6 is 0 Å². The van der Waals surface area contributed by atoms with E-state index in [2.05, 4.69) is 65.4 Å². The fraction of sp³-hybridized carbons (Fsp3) is 0.438. The largest absolute Gasteiger partial charge is 0.352 e. The van der Waals surface area contributed by atoms with Crippen molar-refractivity contribution in [1.29, 1.82) is 0 Å². The van der Waals surface area contributed by atoms with E-state index in [0.717, 1.165) is 41.1 Å². The maximum absolute atomic E-state index is 13.1. The zero-order chi connectivity index (χ0) is 24.7. The van der Waals surface area contributed by atoms with Crippen LogP contribution in [-0.4, -0.2) is 41.5 Å². The number of hydrogen-bond donors (Lipinski definition) is 1. The average molecular weight is 480 g/mol. The van der Waals surface area contributed by atoms with Crippen LogP contribution in [-0.2, 0) is 18.3 Å². The smallest absolute Gasteiger partial charge is 0.251 e. The summed E-state index contributed by atoms with van der Waals surface area (Å²) in [5.41, 5.74) is 7.02. The Balaban J connectivity index is 1.10. The van der Waals surface area contributed by atoms with Gasteiger partial charge >= 0.3 is 0 Å². The molecule has 4 nitrogen and oxygen atoms in total. The van der Waals surface area contributed by atoms with Crippen LogP contribution in [0.3, 0.4) is 0 Å². The molecule has 2 fully saturated rings. The average Bonchev–Trinajstić information content (AvgIpc) is 3.73. The molecule has 3 aromatic rings. The standard InChI is InChI=1S/C32H37N3O/c1-22-30-19-26-11-12-27(18-28(26)32(22,2)15-17-35(30)21-24-8-9-24)31(36)33-16-14-23-10-13-29(34-20-23)25-6-4-3-5-7-25/h3-7,10-13,18,20,22,24,30H,8-9,14-17,19,21H2,1-2H3,(H,33,36)/t22-,30?,32-/m0/s1. The van der Waals surface area contributed by atoms with Crippen LogP contribution in [0.2, 0.25) is 0 Å². The summed E-state index contributed by atoms with van der Waals surface area (Å²) in [5, 5.41) is 3.14. The van der Waals surface area contributed by atoms with E-state index in [-0.39, 0.29) is 11.3 Å². The Morgan fingerprint density at radius 1 is 1.11 bits per heavy atom. The third-order valence-electron chi connectivity index (χ3n) is 9.17. The molecule has 2 aliphatic carbocycles. The molecule has 1 aromatic heterocycles. The highest BCUT2D eigenvalue weighted by atomic mass is 16.1. The molecule has 6 rings (SSSR count). The summed E-state index contributed by atoms with van der Waals surface area (Å²) in [4.78, 5) is 20.4. The third-order valence-corrected chi connectivity index (χ3v) is 9.17. The van der Waals surface area contributed by atoms with Crippen LogP contribution in [0.15, 0.2) is 66.9 Å². The Hall–Kier alpha value is -2.98. The van der Waals surface area contributed by atoms with Gasteiger partial charge in [0.15, 0.2) is 0 Å². The highest BCUT2D eigenvalue weighted by Gasteiger charge is 2.49. The minimum Gasteiger partial charge on any atom is -0.352 e. The summed E-state index contributed by atoms with van der Waals surface area (Å²) in [7, 11) is 0. The first kappa shape index (κ1) is 23.4. The molecule has 4 heteroatoms. The lowest BCUT2D eigenvalue weighted by atomic mass is 9.59. The number of hydrogen-bond acceptors (Lipinski definition) is 3. The number of fused-ring (bicyclic) bond motifs is 4. The Morgan fingerprint density at radius 3 is 2.69 bits per heavy atom. The van der Waals surface area contributed by atoms with E-state index in [9.17, 15) is 4.79 Å². The number of aromatic nitrogens is 1. The first-order valence-corrected chi connectivity index (χ1v) is 13.7. The highest BCUT2D eigenvalue weighted by Crippen LogP contribution is 2.49. The van der Waals surface area contributed by atoms with Gasteiger partial charge in [-0.2, -0.15) is 0 Å². The molecule has 2 aromatic carbocycles. The van der Waals surface area contributed by atoms with Crippen molar-refractivity contribution >= 4 is 5.91 Å². The molecular formula is C32H37N3O. The topological polar surface area (TPSA) is 45.2 Å². The number of rotatable bonds is 7. The van der Waals surface area contributed by atoms with Crippen LogP contribution in [0.1, 0.15) is 60.2 Å². The molecule has 1 unspecified atom stereocenters. The van der Waals surface area contributed by atoms with Gasteiger partial charge in [0.05, 0.1) is 5.69 Å². The molecule has 0 radical (unpaired) electrons. The Labute approximate surface area is 215 Å². The highest BCUT2D eigenvalue weighted by molar-refractivity contribution is 5.94. The van der Waals surface area contributed by atoms with Gasteiger partial charge in [-0.3, -0.25) is 14.7 Å². The second-order valence-corrected chi connectivity index (χ2v) is 11.5. The molecule has 186 valence electrons. The van der Waals surface area contributed by atoms with Crippen LogP contribution in [0.5, 0.6) is 0 Å². The molecular weight excluding hydrogens is 442 g/mol. The maximum atomic E-state index is 13.1. The zero-order valence-electron chi connectivity index (χ0n) is 21.5. The number of pyridine rings is 1. The summed E-state index contributed by atoms with van der Waals surface area (Å²) in [5.74, 6) is 1.57. The molecule has 1 amide bonds. The number of benzene rings is 2. The van der Waals surface area contributed by atoms with Gasteiger partial charge in [-0.15, -0.1) is 0 Å². The Morgan fingerprint density at radius 2 is 1.94 bits per heavy atom. The van der Waals surface area contributed by atoms with Crippen molar-refractivity contribution in [1.82, 2.24) is 15.2 Å². The fourth-order valence-electron chi connectivity index (χ4n) is 6.48. The predicted octanol–water partition coefficient (Wildman–Crippen LogP) is 5.66. The molecule has 3 aliphatic rings. The minimum atomic E-state index is 0.0243. The normalized spacial score (nSPS) is 25.3. The summed E-state index contributed by atoms with van der Waals surface area (Å²) in [6.45, 7) is 7.95. The van der Waals surface area contributed by atoms with Gasteiger partial charge < -0.3 is 5.32 Å². The lowest BCUT2D eigenvalue weighted by molar-refractivity contribution is 0.0284. The minimum absolute atomic E-state index is 0.0243. The van der Waals surface area contributed by atoms with Crippen LogP contribution in [0, 0.1) is 11.8 Å². The number of likely N-dealkylation sites (tertiary alicyclic amines) is 1. The second kappa shape index (κ2) is 9.48. The molecule has 1 saturated carbocycles. The molecule has 2 bridgehead atoms. The number of nitrogens with one attached hydrogen (secondary N) is 1. The molecule has 36 heavy (non-hydrogen) atoms. The SMILES string of the molecule is C[C@H]1C2Cc3ccc(C(=O)NCCc4ccc(-c5ccccc5)nc4)cc3[C@@]1(C)CCN2CC1CC1. The van der Waals surface area contributed by atoms with Gasteiger partial charge in [0, 0.05) is 36.5 Å². The number of amides is 1. The maximum Gasteiger partial charge on any atom is 0.251 e. The van der Waals surface area contributed by atoms with E-state index >= 15 is 0 Å². The fourth-order valence-corrected chi connectivity index (χ4v) is 6.48. The van der Waals surface area contributed by atoms with Crippen LogP contribution in [0.4, 0.5) is 0 Å². The van der Waals surface area contributed by atoms with Gasteiger partial charge in [0.1, 0.15) is 0 Å². The van der Waals surface area contributed by atoms with Crippen LogP contribution < -0.4 is 5.32 Å². The number of nitrogens with zero attached hydrogens (tertiary/aromatic N) is 2. The first-order valence-electron chi connectivity index (χ1n) is 13.7. The van der Waals surface area contributed by atoms with Gasteiger partial charge in [-0.1, -0.05) is 56.3 Å². The van der Waals surface area contributed by atoms with E-state index < -0.39 is 0 Å². The molecule has 1 aliphatic heterocycles. The van der Waals surface area contributed by atoms with E-state index in [0.29, 0.717) is 18.5 Å². The van der Waals surface area contributed by atoms with Crippen molar-refractivity contribution in [2.75, 3.05) is 19.6 Å². The summed E-state index contributed by atoms with van der Waals surface area (Å²) in [6.07, 6.45) is 7.82. The monoisotopic (exact) mass is 479 g/mol. The number of carbonyl (C=O) groups is 1. The number of carbonyl (C=O) groups excluding carboxylic acids is 1. The van der Waals surface area contributed by atoms with Crippen molar-refractivity contribution in [3.63, 3.8) is 0 Å². The van der Waals surface area contributed by atoms with E-state index in [1.165, 1.54) is 43.5 Å². The van der Waals surface area contributed by atoms with Gasteiger partial charge in [-0.05, 0) is 90.8 Å². The zero-order valence-corrected chi connectivity index (χ0v) is 21.5. The molecule has 2 heterocycles. The van der Waals surface area contributed by atoms with Crippen molar-refractivity contribution in [2.24, 2.45) is 11.8 Å².